The third-order valence-electron chi connectivity index (χ3n) is 3.94. The third kappa shape index (κ3) is 3.85. The smallest absolute Gasteiger partial charge is 0.0991 e. The maximum absolute atomic E-state index is 8.75. The van der Waals surface area contributed by atoms with Gasteiger partial charge in [0, 0.05) is 12.6 Å². The second-order valence-corrected chi connectivity index (χ2v) is 5.50. The summed E-state index contributed by atoms with van der Waals surface area (Å²) in [5.41, 5.74) is 2.01. The van der Waals surface area contributed by atoms with Crippen LogP contribution in [0.25, 0.3) is 0 Å². The van der Waals surface area contributed by atoms with Crippen LogP contribution in [0.5, 0.6) is 0 Å². The molecule has 1 aromatic carbocycles. The Morgan fingerprint density at radius 2 is 1.94 bits per heavy atom. The van der Waals surface area contributed by atoms with E-state index in [0.717, 1.165) is 18.0 Å². The van der Waals surface area contributed by atoms with Crippen LogP contribution < -0.4 is 5.32 Å². The van der Waals surface area contributed by atoms with Crippen LogP contribution in [-0.4, -0.2) is 6.04 Å². The molecule has 0 aliphatic heterocycles. The Labute approximate surface area is 110 Å². The highest BCUT2D eigenvalue weighted by Gasteiger charge is 2.15. The number of nitrogens with zero attached hydrogens (tertiary/aromatic N) is 1. The maximum Gasteiger partial charge on any atom is 0.0991 e. The van der Waals surface area contributed by atoms with Gasteiger partial charge in [0.2, 0.25) is 0 Å². The predicted octanol–water partition coefficient (Wildman–Crippen LogP) is 3.62. The van der Waals surface area contributed by atoms with E-state index in [9.17, 15) is 0 Å². The average Bonchev–Trinajstić information content (AvgIpc) is 2.62. The van der Waals surface area contributed by atoms with E-state index in [4.69, 9.17) is 5.26 Å². The van der Waals surface area contributed by atoms with Crippen LogP contribution in [0.4, 0.5) is 0 Å². The minimum absolute atomic E-state index is 0.672. The molecule has 2 heteroatoms. The van der Waals surface area contributed by atoms with Crippen LogP contribution in [-0.2, 0) is 6.54 Å². The van der Waals surface area contributed by atoms with E-state index >= 15 is 0 Å². The predicted molar refractivity (Wildman–Crippen MR) is 74.0 cm³/mol. The molecule has 0 spiro atoms. The molecule has 0 amide bonds. The minimum atomic E-state index is 0.672. The summed E-state index contributed by atoms with van der Waals surface area (Å²) in [5, 5.41) is 12.4. The van der Waals surface area contributed by atoms with Crippen molar-refractivity contribution in [1.29, 1.82) is 5.26 Å². The first-order chi connectivity index (χ1) is 8.78. The van der Waals surface area contributed by atoms with Crippen molar-refractivity contribution >= 4 is 0 Å². The van der Waals surface area contributed by atoms with E-state index in [1.165, 1.54) is 37.7 Å². The molecule has 0 aromatic heterocycles. The molecule has 18 heavy (non-hydrogen) atoms. The van der Waals surface area contributed by atoms with Gasteiger partial charge < -0.3 is 5.32 Å². The molecule has 0 radical (unpaired) electrons. The van der Waals surface area contributed by atoms with Crippen LogP contribution in [0.2, 0.25) is 0 Å². The molecule has 2 atom stereocenters. The van der Waals surface area contributed by atoms with Crippen LogP contribution in [0, 0.1) is 17.2 Å². The molecule has 1 aromatic rings. The number of rotatable bonds is 3. The van der Waals surface area contributed by atoms with Crippen molar-refractivity contribution in [2.45, 2.75) is 51.6 Å². The lowest BCUT2D eigenvalue weighted by Crippen LogP contribution is -2.27. The monoisotopic (exact) mass is 242 g/mol. The number of hydrogen-bond donors (Lipinski definition) is 1. The molecular formula is C16H22N2. The van der Waals surface area contributed by atoms with E-state index < -0.39 is 0 Å². The summed E-state index contributed by atoms with van der Waals surface area (Å²) in [6, 6.07) is 10.7. The van der Waals surface area contributed by atoms with Gasteiger partial charge in [-0.05, 0) is 42.9 Å². The molecule has 1 aliphatic carbocycles. The highest BCUT2D eigenvalue weighted by Crippen LogP contribution is 2.22. The van der Waals surface area contributed by atoms with Crippen molar-refractivity contribution in [2.75, 3.05) is 0 Å². The number of hydrogen-bond acceptors (Lipinski definition) is 2. The lowest BCUT2D eigenvalue weighted by molar-refractivity contribution is 0.447. The number of benzene rings is 1. The zero-order valence-corrected chi connectivity index (χ0v) is 11.2. The third-order valence-corrected chi connectivity index (χ3v) is 3.94. The molecule has 0 saturated heterocycles. The average molecular weight is 242 g/mol. The first-order valence-electron chi connectivity index (χ1n) is 7.00. The molecule has 1 N–H and O–H groups in total. The quantitative estimate of drug-likeness (QED) is 0.822. The lowest BCUT2D eigenvalue weighted by atomic mass is 10.0. The first kappa shape index (κ1) is 13.1. The van der Waals surface area contributed by atoms with Gasteiger partial charge in [-0.3, -0.25) is 0 Å². The van der Waals surface area contributed by atoms with Crippen LogP contribution in [0.1, 0.15) is 50.2 Å². The van der Waals surface area contributed by atoms with Crippen molar-refractivity contribution in [3.63, 3.8) is 0 Å². The maximum atomic E-state index is 8.75. The molecule has 1 fully saturated rings. The normalized spacial score (nSPS) is 24.2. The van der Waals surface area contributed by atoms with Crippen molar-refractivity contribution in [3.05, 3.63) is 35.4 Å². The highest BCUT2D eigenvalue weighted by atomic mass is 14.9. The fourth-order valence-corrected chi connectivity index (χ4v) is 2.65. The Morgan fingerprint density at radius 3 is 2.67 bits per heavy atom. The summed E-state index contributed by atoms with van der Waals surface area (Å²) in [4.78, 5) is 0. The first-order valence-corrected chi connectivity index (χ1v) is 7.00. The zero-order valence-electron chi connectivity index (χ0n) is 11.2. The zero-order chi connectivity index (χ0) is 12.8. The second-order valence-electron chi connectivity index (χ2n) is 5.50. The van der Waals surface area contributed by atoms with E-state index in [2.05, 4.69) is 18.3 Å². The second kappa shape index (κ2) is 6.56. The molecule has 1 aliphatic rings. The van der Waals surface area contributed by atoms with Gasteiger partial charge in [-0.25, -0.2) is 0 Å². The molecule has 2 nitrogen and oxygen atoms in total. The Kier molecular flexibility index (Phi) is 4.78. The fraction of sp³-hybridized carbons (Fsp3) is 0.562. The molecule has 2 rings (SSSR count). The number of nitriles is 1. The summed E-state index contributed by atoms with van der Waals surface area (Å²) >= 11 is 0. The van der Waals surface area contributed by atoms with Crippen molar-refractivity contribution < 1.29 is 0 Å². The van der Waals surface area contributed by atoms with E-state index in [-0.39, 0.29) is 0 Å². The van der Waals surface area contributed by atoms with Crippen LogP contribution >= 0.6 is 0 Å². The van der Waals surface area contributed by atoms with Crippen molar-refractivity contribution in [2.24, 2.45) is 5.92 Å². The molecule has 2 unspecified atom stereocenters. The topological polar surface area (TPSA) is 35.8 Å². The van der Waals surface area contributed by atoms with E-state index in [0.29, 0.717) is 6.04 Å². The molecule has 0 bridgehead atoms. The Morgan fingerprint density at radius 1 is 1.17 bits per heavy atom. The summed E-state index contributed by atoms with van der Waals surface area (Å²) in [7, 11) is 0. The van der Waals surface area contributed by atoms with Crippen molar-refractivity contribution in [1.82, 2.24) is 5.32 Å². The highest BCUT2D eigenvalue weighted by molar-refractivity contribution is 5.31. The van der Waals surface area contributed by atoms with Gasteiger partial charge in [0.15, 0.2) is 0 Å². The largest absolute Gasteiger partial charge is 0.310 e. The summed E-state index contributed by atoms with van der Waals surface area (Å²) in [6.07, 6.45) is 6.70. The van der Waals surface area contributed by atoms with Crippen molar-refractivity contribution in [3.8, 4) is 6.07 Å². The molecular weight excluding hydrogens is 220 g/mol. The van der Waals surface area contributed by atoms with E-state index in [1.54, 1.807) is 0 Å². The van der Waals surface area contributed by atoms with Gasteiger partial charge in [0.25, 0.3) is 0 Å². The molecule has 0 heterocycles. The Hall–Kier alpha value is -1.33. The van der Waals surface area contributed by atoms with E-state index in [1.807, 2.05) is 24.3 Å². The van der Waals surface area contributed by atoms with Gasteiger partial charge in [-0.1, -0.05) is 31.9 Å². The number of nitrogens with one attached hydrogen (secondary N) is 1. The Balaban J connectivity index is 1.81. The SMILES string of the molecule is CC1CCCC(NCc2ccc(C#N)cc2)CC1. The summed E-state index contributed by atoms with van der Waals surface area (Å²) in [6.45, 7) is 3.29. The lowest BCUT2D eigenvalue weighted by Gasteiger charge is -2.16. The van der Waals surface area contributed by atoms with Gasteiger partial charge in [-0.2, -0.15) is 5.26 Å². The summed E-state index contributed by atoms with van der Waals surface area (Å²) in [5.74, 6) is 0.895. The van der Waals surface area contributed by atoms with Crippen LogP contribution in [0.15, 0.2) is 24.3 Å². The van der Waals surface area contributed by atoms with Gasteiger partial charge in [0.1, 0.15) is 0 Å². The Bertz CT molecular complexity index is 402. The summed E-state index contributed by atoms with van der Waals surface area (Å²) < 4.78 is 0. The van der Waals surface area contributed by atoms with Crippen LogP contribution in [0.3, 0.4) is 0 Å². The van der Waals surface area contributed by atoms with Gasteiger partial charge >= 0.3 is 0 Å². The van der Waals surface area contributed by atoms with Gasteiger partial charge in [0.05, 0.1) is 11.6 Å². The van der Waals surface area contributed by atoms with Gasteiger partial charge in [-0.15, -0.1) is 0 Å². The minimum Gasteiger partial charge on any atom is -0.310 e. The molecule has 1 saturated carbocycles. The fourth-order valence-electron chi connectivity index (χ4n) is 2.65. The standard InChI is InChI=1S/C16H22N2/c1-13-3-2-4-16(10-5-13)18-12-15-8-6-14(11-17)7-9-15/h6-9,13,16,18H,2-5,10,12H2,1H3. The molecule has 96 valence electrons.